The number of carbonyl (C=O) groups is 1. The van der Waals surface area contributed by atoms with Crippen LogP contribution < -0.4 is 0 Å². The summed E-state index contributed by atoms with van der Waals surface area (Å²) in [5, 5.41) is 0.176. The van der Waals surface area contributed by atoms with E-state index in [2.05, 4.69) is 46.2 Å². The van der Waals surface area contributed by atoms with Gasteiger partial charge in [0.15, 0.2) is 8.32 Å². The Morgan fingerprint density at radius 2 is 1.71 bits per heavy atom. The van der Waals surface area contributed by atoms with Crippen molar-refractivity contribution in [1.29, 1.82) is 0 Å². The van der Waals surface area contributed by atoms with Crippen LogP contribution in [0.2, 0.25) is 18.1 Å². The van der Waals surface area contributed by atoms with Crippen molar-refractivity contribution in [3.05, 3.63) is 17.9 Å². The van der Waals surface area contributed by atoms with Gasteiger partial charge in [-0.05, 0) is 64.2 Å². The molecule has 140 valence electrons. The second-order valence-corrected chi connectivity index (χ2v) is 13.9. The second kappa shape index (κ2) is 9.03. The largest absolute Gasteiger partial charge is 0.465 e. The van der Waals surface area contributed by atoms with E-state index in [-0.39, 0.29) is 17.1 Å². The summed E-state index contributed by atoms with van der Waals surface area (Å²) in [5.41, 5.74) is 3.64. The topological polar surface area (TPSA) is 35.5 Å². The first kappa shape index (κ1) is 23.2. The predicted octanol–water partition coefficient (Wildman–Crippen LogP) is 5.87. The maximum atomic E-state index is 11.8. The molecule has 3 nitrogen and oxygen atoms in total. The molecule has 0 aromatic carbocycles. The Bertz CT molecular complexity index is 460. The molecule has 0 spiro atoms. The van der Waals surface area contributed by atoms with Gasteiger partial charge in [0.05, 0.1) is 12.0 Å². The van der Waals surface area contributed by atoms with Crippen molar-refractivity contribution in [2.45, 2.75) is 92.0 Å². The van der Waals surface area contributed by atoms with Crippen LogP contribution in [0.4, 0.5) is 0 Å². The third-order valence-electron chi connectivity index (χ3n) is 4.62. The Morgan fingerprint density at radius 1 is 1.17 bits per heavy atom. The number of hydrogen-bond donors (Lipinski definition) is 0. The van der Waals surface area contributed by atoms with E-state index in [1.54, 1.807) is 0 Å². The summed E-state index contributed by atoms with van der Waals surface area (Å²) >= 11 is 0. The molecule has 4 heteroatoms. The zero-order chi connectivity index (χ0) is 19.2. The molecule has 0 saturated carbocycles. The van der Waals surface area contributed by atoms with Gasteiger partial charge in [0.25, 0.3) is 0 Å². The first-order chi connectivity index (χ1) is 10.7. The molecule has 0 fully saturated rings. The highest BCUT2D eigenvalue weighted by Gasteiger charge is 2.39. The maximum absolute atomic E-state index is 11.8. The van der Waals surface area contributed by atoms with Crippen LogP contribution >= 0.6 is 0 Å². The lowest BCUT2D eigenvalue weighted by Crippen LogP contribution is -2.44. The first-order valence-electron chi connectivity index (χ1n) is 8.91. The number of esters is 1. The predicted molar refractivity (Wildman–Crippen MR) is 105 cm³/mol. The molecule has 0 aliphatic rings. The summed E-state index contributed by atoms with van der Waals surface area (Å²) in [7, 11) is -1.83. The van der Waals surface area contributed by atoms with E-state index in [0.29, 0.717) is 6.61 Å². The van der Waals surface area contributed by atoms with Gasteiger partial charge in [0, 0.05) is 12.5 Å². The van der Waals surface area contributed by atoms with Gasteiger partial charge in [0.1, 0.15) is 0 Å². The fraction of sp³-hybridized carbons (Fsp3) is 0.800. The number of carbonyl (C=O) groups excluding carboxylic acids is 1. The van der Waals surface area contributed by atoms with Crippen molar-refractivity contribution in [2.24, 2.45) is 5.41 Å². The van der Waals surface area contributed by atoms with E-state index in [9.17, 15) is 4.79 Å². The highest BCUT2D eigenvalue weighted by Crippen LogP contribution is 2.38. The third-order valence-corrected chi connectivity index (χ3v) is 9.15. The molecule has 0 radical (unpaired) electrons. The van der Waals surface area contributed by atoms with E-state index in [4.69, 9.17) is 9.16 Å². The van der Waals surface area contributed by atoms with Crippen molar-refractivity contribution in [1.82, 2.24) is 0 Å². The summed E-state index contributed by atoms with van der Waals surface area (Å²) in [6, 6.07) is 0. The van der Waals surface area contributed by atoms with E-state index in [1.807, 2.05) is 27.7 Å². The Morgan fingerprint density at radius 3 is 2.12 bits per heavy atom. The minimum atomic E-state index is -1.83. The fourth-order valence-corrected chi connectivity index (χ4v) is 3.29. The van der Waals surface area contributed by atoms with Crippen molar-refractivity contribution in [3.8, 4) is 0 Å². The first-order valence-corrected chi connectivity index (χ1v) is 11.8. The summed E-state index contributed by atoms with van der Waals surface area (Å²) in [5.74, 6) is -0.147. The van der Waals surface area contributed by atoms with E-state index >= 15 is 0 Å². The third kappa shape index (κ3) is 8.32. The second-order valence-electron chi connectivity index (χ2n) is 9.19. The molecule has 0 aliphatic carbocycles. The van der Waals surface area contributed by atoms with E-state index < -0.39 is 13.7 Å². The van der Waals surface area contributed by atoms with Crippen molar-refractivity contribution >= 4 is 14.3 Å². The van der Waals surface area contributed by atoms with Gasteiger partial charge in [-0.2, -0.15) is 0 Å². The standard InChI is InChI=1S/C20H38O3Si/c1-11-16(2)15-17(23-24(9,10)20(6,7)8)13-12-14-22-18(21)19(3,4)5/h17H,1,12-15H2,2-10H3/t17-/m1/s1. The van der Waals surface area contributed by atoms with Crippen LogP contribution in [-0.4, -0.2) is 27.0 Å². The summed E-state index contributed by atoms with van der Waals surface area (Å²) in [4.78, 5) is 11.8. The van der Waals surface area contributed by atoms with Gasteiger partial charge in [-0.3, -0.25) is 4.79 Å². The molecule has 0 rings (SSSR count). The highest BCUT2D eigenvalue weighted by atomic mass is 28.4. The van der Waals surface area contributed by atoms with Gasteiger partial charge in [-0.25, -0.2) is 0 Å². The van der Waals surface area contributed by atoms with Crippen LogP contribution in [-0.2, 0) is 14.0 Å². The van der Waals surface area contributed by atoms with Crippen LogP contribution in [0.15, 0.2) is 17.9 Å². The Kier molecular flexibility index (Phi) is 8.71. The van der Waals surface area contributed by atoms with Crippen LogP contribution in [0.5, 0.6) is 0 Å². The molecule has 0 N–H and O–H groups in total. The monoisotopic (exact) mass is 354 g/mol. The minimum absolute atomic E-state index is 0.133. The van der Waals surface area contributed by atoms with Gasteiger partial charge in [-0.1, -0.05) is 27.4 Å². The van der Waals surface area contributed by atoms with Crippen molar-refractivity contribution in [2.75, 3.05) is 6.61 Å². The number of rotatable bonds is 8. The molecular weight excluding hydrogens is 316 g/mol. The molecule has 24 heavy (non-hydrogen) atoms. The molecular formula is C20H38O3Si. The highest BCUT2D eigenvalue weighted by molar-refractivity contribution is 6.74. The maximum Gasteiger partial charge on any atom is 0.311 e. The number of hydrogen-bond acceptors (Lipinski definition) is 3. The fourth-order valence-electron chi connectivity index (χ4n) is 1.90. The Labute approximate surface area is 150 Å². The van der Waals surface area contributed by atoms with Gasteiger partial charge < -0.3 is 9.16 Å². The summed E-state index contributed by atoms with van der Waals surface area (Å²) in [6.07, 6.45) is 2.66. The minimum Gasteiger partial charge on any atom is -0.465 e. The molecule has 0 aliphatic heterocycles. The number of ether oxygens (including phenoxy) is 1. The zero-order valence-corrected chi connectivity index (χ0v) is 18.3. The van der Waals surface area contributed by atoms with Crippen LogP contribution in [0.3, 0.4) is 0 Å². The zero-order valence-electron chi connectivity index (χ0n) is 17.3. The van der Waals surface area contributed by atoms with Crippen LogP contribution in [0.1, 0.15) is 67.7 Å². The van der Waals surface area contributed by atoms with Crippen molar-refractivity contribution in [3.63, 3.8) is 0 Å². The van der Waals surface area contributed by atoms with Crippen LogP contribution in [0, 0.1) is 5.41 Å². The van der Waals surface area contributed by atoms with E-state index in [0.717, 1.165) is 24.8 Å². The molecule has 0 aromatic rings. The SMILES string of the molecule is C=C=C(C)C[C@@H](CCCOC(=O)C(C)(C)C)O[Si](C)(C)C(C)(C)C. The molecule has 0 aromatic heterocycles. The van der Waals surface area contributed by atoms with E-state index in [1.165, 1.54) is 0 Å². The van der Waals surface area contributed by atoms with Crippen LogP contribution in [0.25, 0.3) is 0 Å². The molecule has 0 heterocycles. The van der Waals surface area contributed by atoms with Crippen molar-refractivity contribution < 1.29 is 14.0 Å². The molecule has 0 saturated heterocycles. The normalized spacial score (nSPS) is 14.0. The summed E-state index contributed by atoms with van der Waals surface area (Å²) < 4.78 is 11.9. The van der Waals surface area contributed by atoms with Gasteiger partial charge in [-0.15, -0.1) is 5.73 Å². The average molecular weight is 355 g/mol. The lowest BCUT2D eigenvalue weighted by molar-refractivity contribution is -0.153. The molecule has 1 atom stereocenters. The average Bonchev–Trinajstić information content (AvgIpc) is 2.40. The molecule has 0 bridgehead atoms. The van der Waals surface area contributed by atoms with Gasteiger partial charge in [0.2, 0.25) is 0 Å². The molecule has 0 amide bonds. The van der Waals surface area contributed by atoms with Gasteiger partial charge >= 0.3 is 5.97 Å². The Hall–Kier alpha value is -0.833. The summed E-state index contributed by atoms with van der Waals surface area (Å²) in [6.45, 7) is 23.1. The quantitative estimate of drug-likeness (QED) is 0.237. The lowest BCUT2D eigenvalue weighted by atomic mass is 9.97. The Balaban J connectivity index is 4.70. The lowest BCUT2D eigenvalue weighted by Gasteiger charge is -2.39. The smallest absolute Gasteiger partial charge is 0.311 e. The molecule has 0 unspecified atom stereocenters.